The molecule has 0 aromatic carbocycles. The minimum Gasteiger partial charge on any atom is -0.466 e. The number of Topliss-reactive ketones (excluding diaryl/α,β-unsaturated/α-hetero) is 1. The minimum absolute atomic E-state index is 0.133. The predicted octanol–water partition coefficient (Wildman–Crippen LogP) is 2.51. The van der Waals surface area contributed by atoms with Crippen molar-refractivity contribution in [3.8, 4) is 0 Å². The molecule has 20 heavy (non-hydrogen) atoms. The number of hydrogen-bond donors (Lipinski definition) is 0. The molecule has 0 rings (SSSR count). The lowest BCUT2D eigenvalue weighted by atomic mass is 9.76. The zero-order valence-electron chi connectivity index (χ0n) is 13.2. The second-order valence-corrected chi connectivity index (χ2v) is 5.05. The van der Waals surface area contributed by atoms with E-state index in [0.717, 1.165) is 6.42 Å². The number of ether oxygens (including phenoxy) is 2. The first-order chi connectivity index (χ1) is 9.33. The number of ketones is 1. The number of carbonyl (C=O) groups excluding carboxylic acids is 3. The van der Waals surface area contributed by atoms with Crippen LogP contribution in [0.1, 0.15) is 53.9 Å². The third kappa shape index (κ3) is 4.94. The Balaban J connectivity index is 5.13. The molecule has 0 spiro atoms. The third-order valence-electron chi connectivity index (χ3n) is 3.41. The molecule has 0 aromatic rings. The van der Waals surface area contributed by atoms with E-state index in [0.29, 0.717) is 6.42 Å². The van der Waals surface area contributed by atoms with E-state index in [1.54, 1.807) is 13.8 Å². The van der Waals surface area contributed by atoms with E-state index in [9.17, 15) is 14.4 Å². The fourth-order valence-corrected chi connectivity index (χ4v) is 2.07. The van der Waals surface area contributed by atoms with Crippen molar-refractivity contribution in [1.29, 1.82) is 0 Å². The van der Waals surface area contributed by atoms with E-state index in [4.69, 9.17) is 9.47 Å². The van der Waals surface area contributed by atoms with E-state index in [1.165, 1.54) is 13.8 Å². The number of rotatable bonds is 9. The molecule has 0 heterocycles. The molecule has 0 saturated carbocycles. The quantitative estimate of drug-likeness (QED) is 0.481. The normalized spacial score (nSPS) is 15.1. The van der Waals surface area contributed by atoms with E-state index in [2.05, 4.69) is 0 Å². The summed E-state index contributed by atoms with van der Waals surface area (Å²) < 4.78 is 9.99. The van der Waals surface area contributed by atoms with E-state index in [-0.39, 0.29) is 31.4 Å². The highest BCUT2D eigenvalue weighted by Gasteiger charge is 2.43. The highest BCUT2D eigenvalue weighted by Crippen LogP contribution is 2.32. The lowest BCUT2D eigenvalue weighted by Crippen LogP contribution is -2.40. The zero-order chi connectivity index (χ0) is 15.8. The van der Waals surface area contributed by atoms with E-state index >= 15 is 0 Å². The van der Waals surface area contributed by atoms with Gasteiger partial charge in [0.15, 0.2) is 0 Å². The summed E-state index contributed by atoms with van der Waals surface area (Å²) in [5, 5.41) is 0. The maximum atomic E-state index is 12.0. The minimum atomic E-state index is -1.29. The summed E-state index contributed by atoms with van der Waals surface area (Å²) in [6.45, 7) is 8.75. The largest absolute Gasteiger partial charge is 0.466 e. The van der Waals surface area contributed by atoms with Crippen LogP contribution in [0.4, 0.5) is 0 Å². The number of esters is 2. The molecule has 2 atom stereocenters. The van der Waals surface area contributed by atoms with Gasteiger partial charge in [-0.1, -0.05) is 13.3 Å². The van der Waals surface area contributed by atoms with Gasteiger partial charge in [-0.2, -0.15) is 0 Å². The van der Waals surface area contributed by atoms with Crippen LogP contribution in [-0.4, -0.2) is 30.9 Å². The third-order valence-corrected chi connectivity index (χ3v) is 3.41. The topological polar surface area (TPSA) is 69.7 Å². The van der Waals surface area contributed by atoms with E-state index in [1.807, 2.05) is 6.92 Å². The SMILES string of the molecule is CCCC(CC(C)(C(C)=O)C(=O)OCC)C(=O)OCC. The maximum Gasteiger partial charge on any atom is 0.319 e. The van der Waals surface area contributed by atoms with Crippen LogP contribution >= 0.6 is 0 Å². The second-order valence-electron chi connectivity index (χ2n) is 5.05. The predicted molar refractivity (Wildman–Crippen MR) is 75.1 cm³/mol. The number of carbonyl (C=O) groups is 3. The van der Waals surface area contributed by atoms with Gasteiger partial charge in [-0.3, -0.25) is 14.4 Å². The Morgan fingerprint density at radius 2 is 1.60 bits per heavy atom. The first-order valence-electron chi connectivity index (χ1n) is 7.18. The van der Waals surface area contributed by atoms with Gasteiger partial charge in [-0.25, -0.2) is 0 Å². The highest BCUT2D eigenvalue weighted by molar-refractivity contribution is 6.02. The van der Waals surface area contributed by atoms with Crippen LogP contribution in [0, 0.1) is 11.3 Å². The Morgan fingerprint density at radius 3 is 2.00 bits per heavy atom. The molecule has 2 unspecified atom stereocenters. The molecule has 0 aromatic heterocycles. The lowest BCUT2D eigenvalue weighted by molar-refractivity contribution is -0.161. The molecule has 116 valence electrons. The summed E-state index contributed by atoms with van der Waals surface area (Å²) in [6.07, 6.45) is 1.50. The Hall–Kier alpha value is -1.39. The van der Waals surface area contributed by atoms with Crippen LogP contribution in [0.15, 0.2) is 0 Å². The van der Waals surface area contributed by atoms with Gasteiger partial charge in [-0.15, -0.1) is 0 Å². The average Bonchev–Trinajstić information content (AvgIpc) is 2.38. The van der Waals surface area contributed by atoms with Crippen LogP contribution in [0.2, 0.25) is 0 Å². The van der Waals surface area contributed by atoms with Crippen molar-refractivity contribution in [3.63, 3.8) is 0 Å². The van der Waals surface area contributed by atoms with Gasteiger partial charge in [-0.05, 0) is 40.5 Å². The van der Waals surface area contributed by atoms with Gasteiger partial charge in [0.2, 0.25) is 0 Å². The molecular formula is C15H26O5. The first kappa shape index (κ1) is 18.6. The Kier molecular flexibility index (Phi) is 8.11. The summed E-state index contributed by atoms with van der Waals surface area (Å²) in [4.78, 5) is 35.8. The van der Waals surface area contributed by atoms with Gasteiger partial charge < -0.3 is 9.47 Å². The van der Waals surface area contributed by atoms with E-state index < -0.39 is 17.3 Å². The zero-order valence-corrected chi connectivity index (χ0v) is 13.2. The monoisotopic (exact) mass is 286 g/mol. The second kappa shape index (κ2) is 8.72. The fourth-order valence-electron chi connectivity index (χ4n) is 2.07. The van der Waals surface area contributed by atoms with Gasteiger partial charge >= 0.3 is 11.9 Å². The Morgan fingerprint density at radius 1 is 1.05 bits per heavy atom. The van der Waals surface area contributed by atoms with Crippen molar-refractivity contribution in [1.82, 2.24) is 0 Å². The molecule has 0 fully saturated rings. The Labute approximate surface area is 121 Å². The molecule has 5 nitrogen and oxygen atoms in total. The smallest absolute Gasteiger partial charge is 0.319 e. The standard InChI is InChI=1S/C15H26O5/c1-6-9-12(13(17)19-7-2)10-15(5,11(4)16)14(18)20-8-3/h12H,6-10H2,1-5H3. The molecule has 0 aliphatic rings. The average molecular weight is 286 g/mol. The lowest BCUT2D eigenvalue weighted by Gasteiger charge is -2.28. The van der Waals surface area contributed by atoms with Crippen LogP contribution in [0.5, 0.6) is 0 Å². The number of hydrogen-bond acceptors (Lipinski definition) is 5. The van der Waals surface area contributed by atoms with Crippen molar-refractivity contribution < 1.29 is 23.9 Å². The summed E-state index contributed by atoms with van der Waals surface area (Å²) in [5.41, 5.74) is -1.29. The molecule has 5 heteroatoms. The molecule has 0 N–H and O–H groups in total. The highest BCUT2D eigenvalue weighted by atomic mass is 16.5. The van der Waals surface area contributed by atoms with Crippen LogP contribution in [-0.2, 0) is 23.9 Å². The molecule has 0 bridgehead atoms. The maximum absolute atomic E-state index is 12.0. The molecule has 0 saturated heterocycles. The van der Waals surface area contributed by atoms with Crippen molar-refractivity contribution in [2.24, 2.45) is 11.3 Å². The van der Waals surface area contributed by atoms with Crippen molar-refractivity contribution in [2.75, 3.05) is 13.2 Å². The summed E-state index contributed by atoms with van der Waals surface area (Å²) in [6, 6.07) is 0. The van der Waals surface area contributed by atoms with Crippen molar-refractivity contribution in [3.05, 3.63) is 0 Å². The van der Waals surface area contributed by atoms with Crippen molar-refractivity contribution in [2.45, 2.75) is 53.9 Å². The van der Waals surface area contributed by atoms with Crippen LogP contribution in [0.3, 0.4) is 0 Å². The molecular weight excluding hydrogens is 260 g/mol. The summed E-state index contributed by atoms with van der Waals surface area (Å²) in [7, 11) is 0. The molecule has 0 amide bonds. The van der Waals surface area contributed by atoms with Gasteiger partial charge in [0.1, 0.15) is 11.2 Å². The molecule has 0 radical (unpaired) electrons. The van der Waals surface area contributed by atoms with Gasteiger partial charge in [0, 0.05) is 0 Å². The first-order valence-corrected chi connectivity index (χ1v) is 7.18. The fraction of sp³-hybridized carbons (Fsp3) is 0.800. The summed E-state index contributed by atoms with van der Waals surface area (Å²) >= 11 is 0. The van der Waals surface area contributed by atoms with Gasteiger partial charge in [0.05, 0.1) is 19.1 Å². The van der Waals surface area contributed by atoms with Crippen LogP contribution in [0.25, 0.3) is 0 Å². The van der Waals surface area contributed by atoms with Gasteiger partial charge in [0.25, 0.3) is 0 Å². The molecule has 0 aliphatic carbocycles. The Bertz CT molecular complexity index is 350. The summed E-state index contributed by atoms with van der Waals surface area (Å²) in [5.74, 6) is -1.68. The molecule has 0 aliphatic heterocycles. The van der Waals surface area contributed by atoms with Crippen molar-refractivity contribution >= 4 is 17.7 Å². The van der Waals surface area contributed by atoms with Crippen LogP contribution < -0.4 is 0 Å².